The Morgan fingerprint density at radius 1 is 1.32 bits per heavy atom. The average molecular weight is 302 g/mol. The Labute approximate surface area is 130 Å². The minimum atomic E-state index is -0.515. The molecule has 0 radical (unpaired) electrons. The highest BCUT2D eigenvalue weighted by atomic mass is 16.2. The molecule has 118 valence electrons. The molecule has 0 bridgehead atoms. The van der Waals surface area contributed by atoms with E-state index in [4.69, 9.17) is 0 Å². The summed E-state index contributed by atoms with van der Waals surface area (Å²) in [7, 11) is 0. The van der Waals surface area contributed by atoms with Crippen molar-refractivity contribution < 1.29 is 9.59 Å². The van der Waals surface area contributed by atoms with Crippen LogP contribution in [0.2, 0.25) is 0 Å². The Balaban J connectivity index is 1.72. The highest BCUT2D eigenvalue weighted by molar-refractivity contribution is 5.99. The molecule has 1 unspecified atom stereocenters. The van der Waals surface area contributed by atoms with Crippen LogP contribution in [0.15, 0.2) is 24.3 Å². The van der Waals surface area contributed by atoms with Gasteiger partial charge in [-0.3, -0.25) is 9.69 Å². The molecule has 2 aliphatic rings. The second kappa shape index (κ2) is 5.96. The van der Waals surface area contributed by atoms with E-state index in [1.165, 1.54) is 0 Å². The highest BCUT2D eigenvalue weighted by Gasteiger charge is 2.34. The van der Waals surface area contributed by atoms with Crippen LogP contribution in [-0.4, -0.2) is 37.1 Å². The van der Waals surface area contributed by atoms with Gasteiger partial charge in [0.2, 0.25) is 5.91 Å². The van der Waals surface area contributed by atoms with Crippen LogP contribution in [0.25, 0.3) is 0 Å². The molecule has 3 N–H and O–H groups in total. The maximum absolute atomic E-state index is 12.5. The minimum absolute atomic E-state index is 0.0183. The third-order valence-electron chi connectivity index (χ3n) is 4.39. The summed E-state index contributed by atoms with van der Waals surface area (Å²) in [5.41, 5.74) is 1.00. The van der Waals surface area contributed by atoms with Crippen molar-refractivity contribution in [3.63, 3.8) is 0 Å². The van der Waals surface area contributed by atoms with Gasteiger partial charge in [0.05, 0.1) is 5.54 Å². The molecule has 0 aromatic heterocycles. The second-order valence-corrected chi connectivity index (χ2v) is 6.10. The summed E-state index contributed by atoms with van der Waals surface area (Å²) in [5, 5.41) is 9.05. The molecule has 6 heteroatoms. The van der Waals surface area contributed by atoms with Gasteiger partial charge in [-0.2, -0.15) is 0 Å². The van der Waals surface area contributed by atoms with Gasteiger partial charge < -0.3 is 16.0 Å². The van der Waals surface area contributed by atoms with E-state index in [1.54, 1.807) is 4.90 Å². The molecule has 2 aliphatic heterocycles. The SMILES string of the molecule is CC1(C(=O)Nc2cccc(N3CCNC3=O)c2)CCCCN1. The number of nitrogens with zero attached hydrogens (tertiary/aromatic N) is 1. The summed E-state index contributed by atoms with van der Waals surface area (Å²) < 4.78 is 0. The number of hydrogen-bond donors (Lipinski definition) is 3. The molecule has 0 aliphatic carbocycles. The largest absolute Gasteiger partial charge is 0.336 e. The molecule has 3 amide bonds. The number of rotatable bonds is 3. The second-order valence-electron chi connectivity index (χ2n) is 6.10. The predicted octanol–water partition coefficient (Wildman–Crippen LogP) is 1.69. The molecular formula is C16H22N4O2. The lowest BCUT2D eigenvalue weighted by Gasteiger charge is -2.33. The van der Waals surface area contributed by atoms with Crippen LogP contribution in [0.1, 0.15) is 26.2 Å². The van der Waals surface area contributed by atoms with Crippen molar-refractivity contribution in [1.82, 2.24) is 10.6 Å². The zero-order chi connectivity index (χ0) is 15.6. The molecule has 1 aromatic carbocycles. The number of piperidine rings is 1. The van der Waals surface area contributed by atoms with Crippen molar-refractivity contribution in [2.45, 2.75) is 31.7 Å². The van der Waals surface area contributed by atoms with E-state index < -0.39 is 5.54 Å². The first-order valence-electron chi connectivity index (χ1n) is 7.80. The van der Waals surface area contributed by atoms with Gasteiger partial charge >= 0.3 is 6.03 Å². The number of carbonyl (C=O) groups is 2. The van der Waals surface area contributed by atoms with Gasteiger partial charge in [0.1, 0.15) is 0 Å². The van der Waals surface area contributed by atoms with E-state index >= 15 is 0 Å². The number of carbonyl (C=O) groups excluding carboxylic acids is 2. The zero-order valence-electron chi connectivity index (χ0n) is 12.8. The number of benzene rings is 1. The third kappa shape index (κ3) is 2.92. The Morgan fingerprint density at radius 3 is 2.86 bits per heavy atom. The van der Waals surface area contributed by atoms with Gasteiger partial charge in [-0.05, 0) is 50.9 Å². The lowest BCUT2D eigenvalue weighted by atomic mass is 9.90. The fourth-order valence-electron chi connectivity index (χ4n) is 2.99. The first kappa shape index (κ1) is 14.8. The van der Waals surface area contributed by atoms with E-state index in [1.807, 2.05) is 31.2 Å². The van der Waals surface area contributed by atoms with Crippen LogP contribution < -0.4 is 20.9 Å². The maximum Gasteiger partial charge on any atom is 0.321 e. The molecule has 0 spiro atoms. The molecule has 6 nitrogen and oxygen atoms in total. The lowest BCUT2D eigenvalue weighted by molar-refractivity contribution is -0.122. The summed E-state index contributed by atoms with van der Waals surface area (Å²) in [6.45, 7) is 4.12. The molecule has 2 saturated heterocycles. The van der Waals surface area contributed by atoms with Crippen LogP contribution in [0, 0.1) is 0 Å². The third-order valence-corrected chi connectivity index (χ3v) is 4.39. The minimum Gasteiger partial charge on any atom is -0.336 e. The molecular weight excluding hydrogens is 280 g/mol. The molecule has 3 rings (SSSR count). The number of hydrogen-bond acceptors (Lipinski definition) is 3. The zero-order valence-corrected chi connectivity index (χ0v) is 12.8. The van der Waals surface area contributed by atoms with Gasteiger partial charge in [0.25, 0.3) is 0 Å². The Kier molecular flexibility index (Phi) is 4.02. The summed E-state index contributed by atoms with van der Waals surface area (Å²) >= 11 is 0. The van der Waals surface area contributed by atoms with Crippen molar-refractivity contribution in [3.05, 3.63) is 24.3 Å². The summed E-state index contributed by atoms with van der Waals surface area (Å²) in [6.07, 6.45) is 3.01. The monoisotopic (exact) mass is 302 g/mol. The topological polar surface area (TPSA) is 73.5 Å². The predicted molar refractivity (Wildman–Crippen MR) is 86.1 cm³/mol. The molecule has 2 heterocycles. The molecule has 0 saturated carbocycles. The van der Waals surface area contributed by atoms with Crippen LogP contribution in [-0.2, 0) is 4.79 Å². The number of urea groups is 1. The van der Waals surface area contributed by atoms with Crippen molar-refractivity contribution in [2.75, 3.05) is 29.9 Å². The Hall–Kier alpha value is -2.08. The number of nitrogens with one attached hydrogen (secondary N) is 3. The normalized spacial score (nSPS) is 25.0. The van der Waals surface area contributed by atoms with Crippen molar-refractivity contribution in [3.8, 4) is 0 Å². The highest BCUT2D eigenvalue weighted by Crippen LogP contribution is 2.24. The van der Waals surface area contributed by atoms with Crippen molar-refractivity contribution in [2.24, 2.45) is 0 Å². The molecule has 1 atom stereocenters. The van der Waals surface area contributed by atoms with Crippen LogP contribution >= 0.6 is 0 Å². The first-order valence-corrected chi connectivity index (χ1v) is 7.80. The number of anilines is 2. The fraction of sp³-hybridized carbons (Fsp3) is 0.500. The quantitative estimate of drug-likeness (QED) is 0.795. The average Bonchev–Trinajstić information content (AvgIpc) is 2.94. The summed E-state index contributed by atoms with van der Waals surface area (Å²) in [6, 6.07) is 7.33. The van der Waals surface area contributed by atoms with Crippen LogP contribution in [0.5, 0.6) is 0 Å². The number of amides is 3. The van der Waals surface area contributed by atoms with E-state index in [0.29, 0.717) is 13.1 Å². The molecule has 2 fully saturated rings. The van der Waals surface area contributed by atoms with Gasteiger partial charge in [-0.1, -0.05) is 6.07 Å². The molecule has 1 aromatic rings. The fourth-order valence-corrected chi connectivity index (χ4v) is 2.99. The summed E-state index contributed by atoms with van der Waals surface area (Å²) in [4.78, 5) is 25.9. The van der Waals surface area contributed by atoms with Gasteiger partial charge in [0, 0.05) is 24.5 Å². The van der Waals surface area contributed by atoms with E-state index in [9.17, 15) is 9.59 Å². The smallest absolute Gasteiger partial charge is 0.321 e. The van der Waals surface area contributed by atoms with E-state index in [0.717, 1.165) is 37.2 Å². The standard InChI is InChI=1S/C16H22N4O2/c1-16(7-2-3-8-18-16)14(21)19-12-5-4-6-13(11-12)20-10-9-17-15(20)22/h4-6,11,18H,2-3,7-10H2,1H3,(H,17,22)(H,19,21). The van der Waals surface area contributed by atoms with Gasteiger partial charge in [0.15, 0.2) is 0 Å². The Bertz CT molecular complexity index is 581. The van der Waals surface area contributed by atoms with Gasteiger partial charge in [-0.15, -0.1) is 0 Å². The van der Waals surface area contributed by atoms with Gasteiger partial charge in [-0.25, -0.2) is 4.79 Å². The first-order chi connectivity index (χ1) is 10.6. The summed E-state index contributed by atoms with van der Waals surface area (Å²) in [5.74, 6) is -0.0183. The van der Waals surface area contributed by atoms with E-state index in [-0.39, 0.29) is 11.9 Å². The van der Waals surface area contributed by atoms with Crippen molar-refractivity contribution >= 4 is 23.3 Å². The van der Waals surface area contributed by atoms with Crippen LogP contribution in [0.3, 0.4) is 0 Å². The maximum atomic E-state index is 12.5. The Morgan fingerprint density at radius 2 is 2.18 bits per heavy atom. The van der Waals surface area contributed by atoms with Crippen molar-refractivity contribution in [1.29, 1.82) is 0 Å². The lowest BCUT2D eigenvalue weighted by Crippen LogP contribution is -2.54. The van der Waals surface area contributed by atoms with Crippen LogP contribution in [0.4, 0.5) is 16.2 Å². The molecule has 22 heavy (non-hydrogen) atoms. The van der Waals surface area contributed by atoms with E-state index in [2.05, 4.69) is 16.0 Å².